The van der Waals surface area contributed by atoms with E-state index in [1.165, 1.54) is 0 Å². The Kier molecular flexibility index (Phi) is 16.7. The van der Waals surface area contributed by atoms with Crippen LogP contribution in [0.5, 0.6) is 0 Å². The first kappa shape index (κ1) is 45.2. The quantitative estimate of drug-likeness (QED) is 0.0498. The Balaban J connectivity index is 1.70. The van der Waals surface area contributed by atoms with Gasteiger partial charge in [-0.05, 0) is 19.8 Å². The first-order valence-electron chi connectivity index (χ1n) is 16.9. The maximum Gasteiger partial charge on any atom is 0.460 e. The Morgan fingerprint density at radius 2 is 1.47 bits per heavy atom. The summed E-state index contributed by atoms with van der Waals surface area (Å²) in [5.74, 6) is -6.37. The molecule has 1 aromatic rings. The average Bonchev–Trinajstić information content (AvgIpc) is 3.09. The van der Waals surface area contributed by atoms with Crippen LogP contribution in [0.4, 0.5) is 35.1 Å². The monoisotopic (exact) mass is 804 g/mol. The second-order valence-corrected chi connectivity index (χ2v) is 13.9. The maximum atomic E-state index is 15.1. The van der Waals surface area contributed by atoms with Crippen molar-refractivity contribution in [2.75, 3.05) is 27.1 Å². The van der Waals surface area contributed by atoms with E-state index < -0.39 is 96.1 Å². The molecule has 2 fully saturated rings. The number of carboxylic acid groups (broad SMARTS) is 1. The normalized spacial score (nSPS) is 24.6. The Bertz CT molecular complexity index is 1380. The number of halogens is 8. The van der Waals surface area contributed by atoms with E-state index in [1.807, 2.05) is 0 Å². The van der Waals surface area contributed by atoms with Gasteiger partial charge in [0.05, 0.1) is 6.61 Å². The summed E-state index contributed by atoms with van der Waals surface area (Å²) in [6.45, 7) is 0.706. The van der Waals surface area contributed by atoms with E-state index in [2.05, 4.69) is 8.92 Å². The summed E-state index contributed by atoms with van der Waals surface area (Å²) >= 11 is 0. The molecular formula is C32H44F8O12S. The van der Waals surface area contributed by atoms with Crippen LogP contribution < -0.4 is 0 Å². The third-order valence-electron chi connectivity index (χ3n) is 8.34. The number of fused-ring (bicyclic) bond motifs is 1. The van der Waals surface area contributed by atoms with Crippen LogP contribution in [-0.4, -0.2) is 101 Å². The number of unbranched alkanes of at least 4 members (excludes halogenated alkanes) is 7. The average molecular weight is 805 g/mol. The minimum Gasteiger partial charge on any atom is -0.481 e. The third kappa shape index (κ3) is 11.9. The number of ether oxygens (including phenoxy) is 7. The molecule has 0 spiro atoms. The SMILES string of the molecule is CCOCO[C@@H]1[C@H](OS(=O)(=O)C(F)(F)C(F)(F)OC(F)(F)C(F)(F)CCCCCCCCCCC(=O)O)[C@H](OC)O[C@@H]2COC(c3ccccc3)O[C@@H]12. The van der Waals surface area contributed by atoms with E-state index >= 15 is 8.78 Å². The van der Waals surface area contributed by atoms with E-state index in [9.17, 15) is 39.6 Å². The van der Waals surface area contributed by atoms with Crippen LogP contribution in [0.1, 0.15) is 83.0 Å². The van der Waals surface area contributed by atoms with Crippen LogP contribution >= 0.6 is 0 Å². The predicted octanol–water partition coefficient (Wildman–Crippen LogP) is 6.98. The number of methoxy groups -OCH3 is 1. The molecule has 21 heteroatoms. The van der Waals surface area contributed by atoms with E-state index in [0.29, 0.717) is 37.7 Å². The largest absolute Gasteiger partial charge is 0.481 e. The fraction of sp³-hybridized carbons (Fsp3) is 0.781. The molecule has 53 heavy (non-hydrogen) atoms. The second kappa shape index (κ2) is 19.6. The summed E-state index contributed by atoms with van der Waals surface area (Å²) in [6, 6.07) is 8.15. The number of benzene rings is 1. The lowest BCUT2D eigenvalue weighted by atomic mass is 9.97. The molecule has 1 unspecified atom stereocenters. The molecule has 1 aromatic carbocycles. The zero-order valence-electron chi connectivity index (χ0n) is 28.9. The predicted molar refractivity (Wildman–Crippen MR) is 166 cm³/mol. The molecule has 0 bridgehead atoms. The van der Waals surface area contributed by atoms with Crippen molar-refractivity contribution >= 4 is 16.1 Å². The van der Waals surface area contributed by atoms with Crippen LogP contribution in [0.25, 0.3) is 0 Å². The number of carbonyl (C=O) groups is 1. The molecule has 306 valence electrons. The summed E-state index contributed by atoms with van der Waals surface area (Å²) in [6.07, 6.45) is -22.2. The molecule has 2 heterocycles. The number of aliphatic carboxylic acids is 1. The van der Waals surface area contributed by atoms with Gasteiger partial charge in [0.25, 0.3) is 0 Å². The van der Waals surface area contributed by atoms with Gasteiger partial charge in [-0.1, -0.05) is 68.9 Å². The standard InChI is InChI=1S/C32H44F8O12S/c1-3-46-20-48-25-24-22(19-47-27(50-24)21-15-11-10-12-16-21)49-28(45-2)26(25)51-53(43,44)32(39,40)31(37,38)52-30(35,36)29(33,34)18-14-9-7-5-4-6-8-13-17-23(41)42/h10-12,15-16,22,24-28H,3-9,13-14,17-20H2,1-2H3,(H,41,42)/t22-,24-,25+,26+,27?,28-/m1/s1. The number of carboxylic acids is 1. The van der Waals surface area contributed by atoms with E-state index in [-0.39, 0.29) is 32.5 Å². The topological polar surface area (TPSA) is 145 Å². The highest BCUT2D eigenvalue weighted by Gasteiger charge is 2.75. The molecule has 0 amide bonds. The summed E-state index contributed by atoms with van der Waals surface area (Å²) < 4.78 is 183. The van der Waals surface area contributed by atoms with Gasteiger partial charge in [-0.15, -0.1) is 0 Å². The van der Waals surface area contributed by atoms with Crippen molar-refractivity contribution in [3.63, 3.8) is 0 Å². The third-order valence-corrected chi connectivity index (χ3v) is 9.68. The van der Waals surface area contributed by atoms with Gasteiger partial charge in [0.2, 0.25) is 0 Å². The summed E-state index contributed by atoms with van der Waals surface area (Å²) in [5.41, 5.74) is 0.455. The molecular weight excluding hydrogens is 760 g/mol. The van der Waals surface area contributed by atoms with Crippen molar-refractivity contribution in [1.29, 1.82) is 0 Å². The van der Waals surface area contributed by atoms with E-state index in [0.717, 1.165) is 7.11 Å². The van der Waals surface area contributed by atoms with Crippen LogP contribution in [0, 0.1) is 0 Å². The minimum absolute atomic E-state index is 0.00815. The minimum atomic E-state index is -7.07. The molecule has 2 aliphatic heterocycles. The van der Waals surface area contributed by atoms with Gasteiger partial charge in [-0.2, -0.15) is 43.5 Å². The fourth-order valence-electron chi connectivity index (χ4n) is 5.50. The molecule has 0 aliphatic carbocycles. The van der Waals surface area contributed by atoms with Gasteiger partial charge in [0, 0.05) is 32.1 Å². The molecule has 0 aromatic heterocycles. The first-order chi connectivity index (χ1) is 24.8. The van der Waals surface area contributed by atoms with Gasteiger partial charge < -0.3 is 33.5 Å². The smallest absolute Gasteiger partial charge is 0.460 e. The van der Waals surface area contributed by atoms with E-state index in [1.54, 1.807) is 37.3 Å². The fourth-order valence-corrected chi connectivity index (χ4v) is 6.44. The Labute approximate surface area is 301 Å². The van der Waals surface area contributed by atoms with Gasteiger partial charge >= 0.3 is 39.5 Å². The van der Waals surface area contributed by atoms with Crippen molar-refractivity contribution < 1.29 is 90.8 Å². The Morgan fingerprint density at radius 1 is 0.868 bits per heavy atom. The molecule has 2 aliphatic rings. The number of alkyl halides is 8. The molecule has 0 radical (unpaired) electrons. The van der Waals surface area contributed by atoms with Gasteiger partial charge in [0.1, 0.15) is 25.1 Å². The molecule has 2 saturated heterocycles. The van der Waals surface area contributed by atoms with Crippen LogP contribution in [0.2, 0.25) is 0 Å². The van der Waals surface area contributed by atoms with Crippen molar-refractivity contribution in [2.24, 2.45) is 0 Å². The molecule has 0 saturated carbocycles. The summed E-state index contributed by atoms with van der Waals surface area (Å²) in [5, 5.41) is 1.91. The van der Waals surface area contributed by atoms with Gasteiger partial charge in [-0.3, -0.25) is 8.98 Å². The number of hydrogen-bond acceptors (Lipinski definition) is 11. The molecule has 3 rings (SSSR count). The highest BCUT2D eigenvalue weighted by Crippen LogP contribution is 2.49. The highest BCUT2D eigenvalue weighted by molar-refractivity contribution is 7.87. The van der Waals surface area contributed by atoms with Crippen molar-refractivity contribution in [1.82, 2.24) is 0 Å². The lowest BCUT2D eigenvalue weighted by Crippen LogP contribution is -2.65. The maximum absolute atomic E-state index is 15.1. The lowest BCUT2D eigenvalue weighted by Gasteiger charge is -2.48. The summed E-state index contributed by atoms with van der Waals surface area (Å²) in [4.78, 5) is 10.5. The van der Waals surface area contributed by atoms with Crippen LogP contribution in [0.15, 0.2) is 30.3 Å². The van der Waals surface area contributed by atoms with Crippen LogP contribution in [0.3, 0.4) is 0 Å². The summed E-state index contributed by atoms with van der Waals surface area (Å²) in [7, 11) is -6.16. The molecule has 12 nitrogen and oxygen atoms in total. The Morgan fingerprint density at radius 3 is 2.06 bits per heavy atom. The van der Waals surface area contributed by atoms with Crippen LogP contribution in [-0.2, 0) is 52.3 Å². The van der Waals surface area contributed by atoms with Gasteiger partial charge in [0.15, 0.2) is 18.7 Å². The molecule has 1 N–H and O–H groups in total. The van der Waals surface area contributed by atoms with Crippen molar-refractivity contribution in [2.45, 2.75) is 132 Å². The van der Waals surface area contributed by atoms with Gasteiger partial charge in [-0.25, -0.2) is 4.74 Å². The zero-order chi connectivity index (χ0) is 39.5. The number of rotatable bonds is 24. The van der Waals surface area contributed by atoms with E-state index in [4.69, 9.17) is 33.5 Å². The second-order valence-electron chi connectivity index (χ2n) is 12.3. The van der Waals surface area contributed by atoms with Crippen molar-refractivity contribution in [3.8, 4) is 0 Å². The Hall–Kier alpha value is -2.24. The highest BCUT2D eigenvalue weighted by atomic mass is 32.2. The van der Waals surface area contributed by atoms with Crippen molar-refractivity contribution in [3.05, 3.63) is 35.9 Å². The zero-order valence-corrected chi connectivity index (χ0v) is 29.7. The lowest BCUT2D eigenvalue weighted by molar-refractivity contribution is -0.457. The first-order valence-corrected chi connectivity index (χ1v) is 18.3. The number of hydrogen-bond donors (Lipinski definition) is 1. The molecule has 6 atom stereocenters.